The zero-order valence-electron chi connectivity index (χ0n) is 19.6. The molecule has 34 heavy (non-hydrogen) atoms. The fraction of sp³-hybridized carbons (Fsp3) is 0.308. The van der Waals surface area contributed by atoms with Gasteiger partial charge >= 0.3 is 0 Å². The summed E-state index contributed by atoms with van der Waals surface area (Å²) in [5.41, 5.74) is 3.16. The summed E-state index contributed by atoms with van der Waals surface area (Å²) in [5, 5.41) is 7.69. The number of anilines is 1. The Morgan fingerprint density at radius 2 is 1.94 bits per heavy atom. The number of nitrogens with one attached hydrogen (secondary N) is 1. The lowest BCUT2D eigenvalue weighted by Crippen LogP contribution is -2.26. The van der Waals surface area contributed by atoms with E-state index < -0.39 is 5.60 Å². The molecular formula is C26H27Cl2N3O2S. The summed E-state index contributed by atoms with van der Waals surface area (Å²) in [4.78, 5) is 17.5. The Kier molecular flexibility index (Phi) is 7.33. The van der Waals surface area contributed by atoms with E-state index in [2.05, 4.69) is 14.9 Å². The third-order valence-corrected chi connectivity index (χ3v) is 6.83. The van der Waals surface area contributed by atoms with Crippen molar-refractivity contribution >= 4 is 56.5 Å². The van der Waals surface area contributed by atoms with Gasteiger partial charge in [-0.15, -0.1) is 11.3 Å². The number of nitrogens with zero attached hydrogens (tertiary/aromatic N) is 2. The SMILES string of the molecule is CC(C)OC(C)(C)c1csc(NC(=O)Cc2cn(Cc3ccccc3Cl)c3ccc(Cl)cc23)n1. The number of thiazole rings is 1. The number of fused-ring (bicyclic) bond motifs is 1. The number of carbonyl (C=O) groups is 1. The summed E-state index contributed by atoms with van der Waals surface area (Å²) < 4.78 is 8.06. The van der Waals surface area contributed by atoms with Gasteiger partial charge in [0.1, 0.15) is 5.60 Å². The predicted molar refractivity (Wildman–Crippen MR) is 141 cm³/mol. The monoisotopic (exact) mass is 515 g/mol. The zero-order valence-corrected chi connectivity index (χ0v) is 21.9. The first-order chi connectivity index (χ1) is 16.1. The first kappa shape index (κ1) is 24.7. The molecule has 2 aromatic carbocycles. The second-order valence-corrected chi connectivity index (χ2v) is 10.7. The van der Waals surface area contributed by atoms with Gasteiger partial charge in [0.25, 0.3) is 0 Å². The number of rotatable bonds is 8. The van der Waals surface area contributed by atoms with Gasteiger partial charge in [-0.25, -0.2) is 4.98 Å². The molecule has 0 spiro atoms. The van der Waals surface area contributed by atoms with Crippen LogP contribution in [0.25, 0.3) is 10.9 Å². The van der Waals surface area contributed by atoms with E-state index >= 15 is 0 Å². The highest BCUT2D eigenvalue weighted by atomic mass is 35.5. The van der Waals surface area contributed by atoms with E-state index in [0.717, 1.165) is 27.7 Å². The van der Waals surface area contributed by atoms with Crippen molar-refractivity contribution in [2.75, 3.05) is 5.32 Å². The molecule has 0 saturated carbocycles. The van der Waals surface area contributed by atoms with E-state index in [9.17, 15) is 4.79 Å². The molecule has 1 amide bonds. The fourth-order valence-corrected chi connectivity index (χ4v) is 5.27. The number of benzene rings is 2. The molecular weight excluding hydrogens is 489 g/mol. The number of ether oxygens (including phenoxy) is 1. The molecule has 0 aliphatic carbocycles. The Balaban J connectivity index is 1.55. The molecule has 4 aromatic rings. The maximum atomic E-state index is 12.9. The van der Waals surface area contributed by atoms with Crippen LogP contribution in [0.15, 0.2) is 54.0 Å². The van der Waals surface area contributed by atoms with Crippen molar-refractivity contribution in [2.45, 2.75) is 52.4 Å². The van der Waals surface area contributed by atoms with Gasteiger partial charge in [-0.3, -0.25) is 4.79 Å². The number of aromatic nitrogens is 2. The smallest absolute Gasteiger partial charge is 0.230 e. The first-order valence-electron chi connectivity index (χ1n) is 11.1. The minimum absolute atomic E-state index is 0.0738. The Hall–Kier alpha value is -2.38. The van der Waals surface area contributed by atoms with Crippen LogP contribution >= 0.6 is 34.5 Å². The number of carbonyl (C=O) groups excluding carboxylic acids is 1. The van der Waals surface area contributed by atoms with Crippen LogP contribution < -0.4 is 5.32 Å². The molecule has 2 aromatic heterocycles. The van der Waals surface area contributed by atoms with Crippen molar-refractivity contribution < 1.29 is 9.53 Å². The quantitative estimate of drug-likeness (QED) is 0.268. The van der Waals surface area contributed by atoms with E-state index in [4.69, 9.17) is 27.9 Å². The van der Waals surface area contributed by atoms with Gasteiger partial charge < -0.3 is 14.6 Å². The Morgan fingerprint density at radius 1 is 1.18 bits per heavy atom. The van der Waals surface area contributed by atoms with E-state index in [-0.39, 0.29) is 18.4 Å². The van der Waals surface area contributed by atoms with Crippen LogP contribution in [0.4, 0.5) is 5.13 Å². The molecule has 0 aliphatic rings. The van der Waals surface area contributed by atoms with Gasteiger partial charge in [0, 0.05) is 39.1 Å². The molecule has 4 rings (SSSR count). The van der Waals surface area contributed by atoms with Crippen LogP contribution in [0, 0.1) is 0 Å². The summed E-state index contributed by atoms with van der Waals surface area (Å²) >= 11 is 14.1. The zero-order chi connectivity index (χ0) is 24.5. The van der Waals surface area contributed by atoms with Gasteiger partial charge in [-0.1, -0.05) is 41.4 Å². The molecule has 0 bridgehead atoms. The van der Waals surface area contributed by atoms with E-state index in [1.807, 2.05) is 81.7 Å². The molecule has 0 aliphatic heterocycles. The standard InChI is InChI=1S/C26H27Cl2N3O2S/c1-16(2)33-26(3,4)23-15-34-25(29-23)30-24(32)11-18-14-31(13-17-7-5-6-8-21(17)28)22-10-9-19(27)12-20(18)22/h5-10,12,14-16H,11,13H2,1-4H3,(H,29,30,32). The molecule has 0 fully saturated rings. The summed E-state index contributed by atoms with van der Waals surface area (Å²) in [6, 6.07) is 13.5. The first-order valence-corrected chi connectivity index (χ1v) is 12.7. The van der Waals surface area contributed by atoms with Gasteiger partial charge in [0.15, 0.2) is 5.13 Å². The Morgan fingerprint density at radius 3 is 2.68 bits per heavy atom. The molecule has 1 N–H and O–H groups in total. The summed E-state index contributed by atoms with van der Waals surface area (Å²) in [5.74, 6) is -0.139. The van der Waals surface area contributed by atoms with Crippen LogP contribution in [0.5, 0.6) is 0 Å². The molecule has 8 heteroatoms. The van der Waals surface area contributed by atoms with Crippen LogP contribution in [-0.4, -0.2) is 21.6 Å². The molecule has 0 radical (unpaired) electrons. The van der Waals surface area contributed by atoms with Crippen LogP contribution in [0.1, 0.15) is 44.5 Å². The maximum Gasteiger partial charge on any atom is 0.230 e. The third-order valence-electron chi connectivity index (χ3n) is 5.47. The second-order valence-electron chi connectivity index (χ2n) is 8.97. The Labute approximate surface area is 213 Å². The molecule has 178 valence electrons. The van der Waals surface area contributed by atoms with Crippen molar-refractivity contribution in [3.63, 3.8) is 0 Å². The molecule has 0 atom stereocenters. The number of hydrogen-bond acceptors (Lipinski definition) is 4. The maximum absolute atomic E-state index is 12.9. The average molecular weight is 516 g/mol. The molecule has 2 heterocycles. The van der Waals surface area contributed by atoms with Crippen molar-refractivity contribution in [2.24, 2.45) is 0 Å². The minimum Gasteiger partial charge on any atom is -0.367 e. The third kappa shape index (κ3) is 5.63. The van der Waals surface area contributed by atoms with Crippen LogP contribution in [0.2, 0.25) is 10.0 Å². The van der Waals surface area contributed by atoms with Gasteiger partial charge in [-0.2, -0.15) is 0 Å². The summed E-state index contributed by atoms with van der Waals surface area (Å²) in [6.45, 7) is 8.53. The normalized spacial score (nSPS) is 12.0. The van der Waals surface area contributed by atoms with Crippen molar-refractivity contribution in [1.29, 1.82) is 0 Å². The van der Waals surface area contributed by atoms with Crippen LogP contribution in [0.3, 0.4) is 0 Å². The van der Waals surface area contributed by atoms with Crippen molar-refractivity contribution in [3.8, 4) is 0 Å². The van der Waals surface area contributed by atoms with E-state index in [1.54, 1.807) is 0 Å². The number of hydrogen-bond donors (Lipinski definition) is 1. The second kappa shape index (κ2) is 10.1. The van der Waals surface area contributed by atoms with E-state index in [1.165, 1.54) is 11.3 Å². The van der Waals surface area contributed by atoms with Crippen LogP contribution in [-0.2, 0) is 28.1 Å². The van der Waals surface area contributed by atoms with Gasteiger partial charge in [0.05, 0.1) is 18.2 Å². The van der Waals surface area contributed by atoms with Crippen molar-refractivity contribution in [3.05, 3.63) is 80.9 Å². The molecule has 0 unspecified atom stereocenters. The minimum atomic E-state index is -0.531. The lowest BCUT2D eigenvalue weighted by atomic mass is 10.1. The highest BCUT2D eigenvalue weighted by molar-refractivity contribution is 7.13. The lowest BCUT2D eigenvalue weighted by molar-refractivity contribution is -0.115. The highest BCUT2D eigenvalue weighted by Crippen LogP contribution is 2.30. The number of amides is 1. The average Bonchev–Trinajstić information content (AvgIpc) is 3.34. The van der Waals surface area contributed by atoms with E-state index in [0.29, 0.717) is 21.7 Å². The van der Waals surface area contributed by atoms with Gasteiger partial charge in [0.2, 0.25) is 5.91 Å². The predicted octanol–water partition coefficient (Wildman–Crippen LogP) is 7.29. The number of halogens is 2. The summed E-state index contributed by atoms with van der Waals surface area (Å²) in [6.07, 6.45) is 2.27. The molecule has 0 saturated heterocycles. The highest BCUT2D eigenvalue weighted by Gasteiger charge is 2.26. The Bertz CT molecular complexity index is 1330. The lowest BCUT2D eigenvalue weighted by Gasteiger charge is -2.25. The van der Waals surface area contributed by atoms with Crippen molar-refractivity contribution in [1.82, 2.24) is 9.55 Å². The fourth-order valence-electron chi connectivity index (χ4n) is 4.02. The topological polar surface area (TPSA) is 56.1 Å². The molecule has 5 nitrogen and oxygen atoms in total. The summed E-state index contributed by atoms with van der Waals surface area (Å²) in [7, 11) is 0. The largest absolute Gasteiger partial charge is 0.367 e. The van der Waals surface area contributed by atoms with Gasteiger partial charge in [-0.05, 0) is 63.1 Å².